The summed E-state index contributed by atoms with van der Waals surface area (Å²) in [4.78, 5) is 10.5. The molecule has 148 valence electrons. The molecule has 4 nitrogen and oxygen atoms in total. The van der Waals surface area contributed by atoms with Gasteiger partial charge in [-0.2, -0.15) is 0 Å². The molecule has 0 saturated carbocycles. The number of piperazine rings is 1. The molecule has 3 aliphatic rings. The third-order valence-corrected chi connectivity index (χ3v) is 7.52. The maximum absolute atomic E-state index is 5.56. The number of nitrogens with zero attached hydrogens (tertiary/aromatic N) is 3. The zero-order valence-corrected chi connectivity index (χ0v) is 17.5. The first kappa shape index (κ1) is 18.5. The van der Waals surface area contributed by atoms with Crippen molar-refractivity contribution in [2.24, 2.45) is 0 Å². The van der Waals surface area contributed by atoms with E-state index in [1.54, 1.807) is 0 Å². The van der Waals surface area contributed by atoms with Crippen LogP contribution in [-0.4, -0.2) is 69.3 Å². The minimum absolute atomic E-state index is 0.459. The number of fused-ring (bicyclic) bond motifs is 2. The van der Waals surface area contributed by atoms with Gasteiger partial charge in [0.25, 0.3) is 0 Å². The van der Waals surface area contributed by atoms with Crippen molar-refractivity contribution >= 4 is 17.4 Å². The molecule has 0 spiro atoms. The van der Waals surface area contributed by atoms with Crippen LogP contribution in [0.4, 0.5) is 5.69 Å². The number of rotatable bonds is 2. The third-order valence-electron chi connectivity index (χ3n) is 6.31. The van der Waals surface area contributed by atoms with Crippen LogP contribution in [0.1, 0.15) is 17.2 Å². The van der Waals surface area contributed by atoms with Crippen LogP contribution in [0.25, 0.3) is 0 Å². The molecule has 0 amide bonds. The van der Waals surface area contributed by atoms with Crippen molar-refractivity contribution in [3.63, 3.8) is 0 Å². The summed E-state index contributed by atoms with van der Waals surface area (Å²) in [6.45, 7) is 8.26. The van der Waals surface area contributed by atoms with Crippen molar-refractivity contribution in [1.82, 2.24) is 9.80 Å². The lowest BCUT2D eigenvalue weighted by molar-refractivity contribution is 0.109. The quantitative estimate of drug-likeness (QED) is 0.772. The lowest BCUT2D eigenvalue weighted by atomic mass is 9.96. The van der Waals surface area contributed by atoms with Crippen LogP contribution >= 0.6 is 11.8 Å². The molecular weight excluding hydrogens is 366 g/mol. The number of hydrogen-bond donors (Lipinski definition) is 0. The van der Waals surface area contributed by atoms with Gasteiger partial charge >= 0.3 is 0 Å². The van der Waals surface area contributed by atoms with E-state index in [9.17, 15) is 0 Å². The van der Waals surface area contributed by atoms with Crippen LogP contribution in [0.15, 0.2) is 52.3 Å². The summed E-state index contributed by atoms with van der Waals surface area (Å²) in [5.41, 5.74) is 4.35. The maximum atomic E-state index is 5.56. The smallest absolute Gasteiger partial charge is 0.0642 e. The molecule has 2 aromatic carbocycles. The predicted octanol–water partition coefficient (Wildman–Crippen LogP) is 3.52. The Labute approximate surface area is 172 Å². The predicted molar refractivity (Wildman–Crippen MR) is 116 cm³/mol. The molecule has 0 bridgehead atoms. The van der Waals surface area contributed by atoms with Gasteiger partial charge < -0.3 is 14.5 Å². The van der Waals surface area contributed by atoms with Crippen molar-refractivity contribution in [3.8, 4) is 0 Å². The van der Waals surface area contributed by atoms with E-state index in [1.807, 2.05) is 11.8 Å². The Balaban J connectivity index is 1.53. The standard InChI is InChI=1S/C23H29N3OS/c1-24-8-10-26(11-9-24)21-16-18-4-2-3-5-22(18)28-23-7-6-19(17-20(21)23)25-12-14-27-15-13-25/h2-7,17,21H,8-16H2,1H3. The minimum atomic E-state index is 0.459. The van der Waals surface area contributed by atoms with Gasteiger partial charge in [-0.3, -0.25) is 4.90 Å². The maximum Gasteiger partial charge on any atom is 0.0642 e. The number of ether oxygens (including phenoxy) is 1. The summed E-state index contributed by atoms with van der Waals surface area (Å²) >= 11 is 1.95. The second kappa shape index (κ2) is 8.07. The number of hydrogen-bond acceptors (Lipinski definition) is 5. The third kappa shape index (κ3) is 3.69. The zero-order chi connectivity index (χ0) is 18.9. The van der Waals surface area contributed by atoms with Crippen molar-refractivity contribution in [3.05, 3.63) is 53.6 Å². The Morgan fingerprint density at radius 2 is 1.68 bits per heavy atom. The van der Waals surface area contributed by atoms with Gasteiger partial charge in [0.05, 0.1) is 13.2 Å². The van der Waals surface area contributed by atoms with E-state index < -0.39 is 0 Å². The number of likely N-dealkylation sites (N-methyl/N-ethyl adjacent to an activating group) is 1. The van der Waals surface area contributed by atoms with E-state index >= 15 is 0 Å². The monoisotopic (exact) mass is 395 g/mol. The number of benzene rings is 2. The summed E-state index contributed by atoms with van der Waals surface area (Å²) in [6.07, 6.45) is 1.10. The topological polar surface area (TPSA) is 19.0 Å². The van der Waals surface area contributed by atoms with Crippen molar-refractivity contribution < 1.29 is 4.74 Å². The van der Waals surface area contributed by atoms with Crippen LogP contribution in [-0.2, 0) is 11.2 Å². The molecular formula is C23H29N3OS. The zero-order valence-electron chi connectivity index (χ0n) is 16.6. The molecule has 5 rings (SSSR count). The normalized spacial score (nSPS) is 23.8. The minimum Gasteiger partial charge on any atom is -0.378 e. The molecule has 2 saturated heterocycles. The van der Waals surface area contributed by atoms with E-state index in [2.05, 4.69) is 64.2 Å². The first-order chi connectivity index (χ1) is 13.8. The number of anilines is 1. The van der Waals surface area contributed by atoms with Crippen molar-refractivity contribution in [2.75, 3.05) is 64.4 Å². The van der Waals surface area contributed by atoms with Crippen LogP contribution in [0, 0.1) is 0 Å². The van der Waals surface area contributed by atoms with Gasteiger partial charge in [-0.05, 0) is 48.9 Å². The fourth-order valence-corrected chi connectivity index (χ4v) is 5.69. The van der Waals surface area contributed by atoms with Crippen molar-refractivity contribution in [2.45, 2.75) is 22.3 Å². The van der Waals surface area contributed by atoms with E-state index in [0.717, 1.165) is 58.9 Å². The van der Waals surface area contributed by atoms with Gasteiger partial charge in [-0.15, -0.1) is 0 Å². The summed E-state index contributed by atoms with van der Waals surface area (Å²) in [7, 11) is 2.24. The first-order valence-electron chi connectivity index (χ1n) is 10.4. The van der Waals surface area contributed by atoms with Gasteiger partial charge in [0.1, 0.15) is 0 Å². The molecule has 0 N–H and O–H groups in total. The highest BCUT2D eigenvalue weighted by Crippen LogP contribution is 2.44. The van der Waals surface area contributed by atoms with Crippen LogP contribution < -0.4 is 4.90 Å². The Bertz CT molecular complexity index is 828. The summed E-state index contributed by atoms with van der Waals surface area (Å²) < 4.78 is 5.56. The number of morpholine rings is 1. The fraction of sp³-hybridized carbons (Fsp3) is 0.478. The molecule has 2 fully saturated rings. The van der Waals surface area contributed by atoms with Crippen LogP contribution in [0.5, 0.6) is 0 Å². The molecule has 28 heavy (non-hydrogen) atoms. The second-order valence-corrected chi connectivity index (χ2v) is 9.17. The van der Waals surface area contributed by atoms with E-state index in [0.29, 0.717) is 6.04 Å². The van der Waals surface area contributed by atoms with E-state index in [1.165, 1.54) is 26.6 Å². The fourth-order valence-electron chi connectivity index (χ4n) is 4.58. The van der Waals surface area contributed by atoms with E-state index in [4.69, 9.17) is 4.74 Å². The first-order valence-corrected chi connectivity index (χ1v) is 11.2. The Hall–Kier alpha value is -1.53. The highest BCUT2D eigenvalue weighted by molar-refractivity contribution is 7.99. The highest BCUT2D eigenvalue weighted by atomic mass is 32.2. The van der Waals surface area contributed by atoms with Gasteiger partial charge in [-0.1, -0.05) is 30.0 Å². The van der Waals surface area contributed by atoms with Gasteiger partial charge in [0.2, 0.25) is 0 Å². The van der Waals surface area contributed by atoms with Gasteiger partial charge in [0, 0.05) is 60.8 Å². The largest absolute Gasteiger partial charge is 0.378 e. The molecule has 1 unspecified atom stereocenters. The van der Waals surface area contributed by atoms with Crippen molar-refractivity contribution in [1.29, 1.82) is 0 Å². The van der Waals surface area contributed by atoms with Crippen LogP contribution in [0.2, 0.25) is 0 Å². The molecule has 2 aromatic rings. The Morgan fingerprint density at radius 3 is 2.50 bits per heavy atom. The van der Waals surface area contributed by atoms with Crippen LogP contribution in [0.3, 0.4) is 0 Å². The summed E-state index contributed by atoms with van der Waals surface area (Å²) in [6, 6.07) is 16.6. The molecule has 1 atom stereocenters. The average Bonchev–Trinajstić information content (AvgIpc) is 2.91. The average molecular weight is 396 g/mol. The molecule has 3 aliphatic heterocycles. The molecule has 0 aromatic heterocycles. The Morgan fingerprint density at radius 1 is 0.893 bits per heavy atom. The summed E-state index contributed by atoms with van der Waals surface area (Å²) in [5.74, 6) is 0. The Kier molecular flexibility index (Phi) is 5.33. The summed E-state index contributed by atoms with van der Waals surface area (Å²) in [5, 5.41) is 0. The lowest BCUT2D eigenvalue weighted by Gasteiger charge is -2.39. The van der Waals surface area contributed by atoms with Gasteiger partial charge in [0.15, 0.2) is 0 Å². The molecule has 3 heterocycles. The highest BCUT2D eigenvalue weighted by Gasteiger charge is 2.30. The van der Waals surface area contributed by atoms with Gasteiger partial charge in [-0.25, -0.2) is 0 Å². The molecule has 5 heteroatoms. The molecule has 0 radical (unpaired) electrons. The molecule has 0 aliphatic carbocycles. The lowest BCUT2D eigenvalue weighted by Crippen LogP contribution is -2.46. The van der Waals surface area contributed by atoms with E-state index in [-0.39, 0.29) is 0 Å². The SMILES string of the molecule is CN1CCN(C2Cc3ccccc3Sc3ccc(N4CCOCC4)cc32)CC1. The second-order valence-electron chi connectivity index (χ2n) is 8.09.